The fourth-order valence-electron chi connectivity index (χ4n) is 2.79. The highest BCUT2D eigenvalue weighted by Crippen LogP contribution is 2.14. The summed E-state index contributed by atoms with van der Waals surface area (Å²) in [6, 6.07) is 11.3. The molecule has 3 rings (SSSR count). The number of benzene rings is 1. The molecular weight excluding hydrogens is 248 g/mol. The van der Waals surface area contributed by atoms with Gasteiger partial charge in [0.25, 0.3) is 0 Å². The second kappa shape index (κ2) is 6.20. The first kappa shape index (κ1) is 13.3. The molecule has 1 aliphatic rings. The number of aryl methyl sites for hydroxylation is 1. The molecule has 1 atom stereocenters. The van der Waals surface area contributed by atoms with Crippen molar-refractivity contribution in [3.8, 4) is 0 Å². The lowest BCUT2D eigenvalue weighted by Gasteiger charge is -2.16. The smallest absolute Gasteiger partial charge is 0.0535 e. The Bertz CT molecular complexity index is 534. The maximum Gasteiger partial charge on any atom is 0.0535 e. The number of rotatable bonds is 5. The van der Waals surface area contributed by atoms with Gasteiger partial charge in [0, 0.05) is 43.5 Å². The largest absolute Gasteiger partial charge is 0.308 e. The molecule has 4 nitrogen and oxygen atoms in total. The van der Waals surface area contributed by atoms with Gasteiger partial charge in [-0.15, -0.1) is 0 Å². The van der Waals surface area contributed by atoms with Crippen LogP contribution in [0.25, 0.3) is 0 Å². The number of hydrogen-bond acceptors (Lipinski definition) is 3. The average Bonchev–Trinajstić information content (AvgIpc) is 3.07. The highest BCUT2D eigenvalue weighted by atomic mass is 15.2. The summed E-state index contributed by atoms with van der Waals surface area (Å²) < 4.78 is 0. The number of H-pyrrole nitrogens is 1. The SMILES string of the molecule is Cc1[nH]ncc1CN[C@H]1CCN(Cc2ccccc2)C1. The van der Waals surface area contributed by atoms with Crippen LogP contribution < -0.4 is 5.32 Å². The molecule has 20 heavy (non-hydrogen) atoms. The van der Waals surface area contributed by atoms with Gasteiger partial charge in [-0.05, 0) is 18.9 Å². The molecule has 0 amide bonds. The van der Waals surface area contributed by atoms with E-state index in [0.29, 0.717) is 6.04 Å². The number of aromatic amines is 1. The minimum atomic E-state index is 0.591. The standard InChI is InChI=1S/C16H22N4/c1-13-15(10-18-19-13)9-17-16-7-8-20(12-16)11-14-5-3-2-4-6-14/h2-6,10,16-17H,7-9,11-12H2,1H3,(H,18,19)/t16-/m0/s1. The van der Waals surface area contributed by atoms with E-state index in [9.17, 15) is 0 Å². The maximum absolute atomic E-state index is 4.06. The van der Waals surface area contributed by atoms with Crippen LogP contribution >= 0.6 is 0 Å². The van der Waals surface area contributed by atoms with Gasteiger partial charge in [0.2, 0.25) is 0 Å². The van der Waals surface area contributed by atoms with E-state index in [1.165, 1.54) is 24.1 Å². The number of hydrogen-bond donors (Lipinski definition) is 2. The Morgan fingerprint density at radius 3 is 2.95 bits per heavy atom. The fourth-order valence-corrected chi connectivity index (χ4v) is 2.79. The quantitative estimate of drug-likeness (QED) is 0.874. The molecule has 106 valence electrons. The van der Waals surface area contributed by atoms with Crippen LogP contribution in [0, 0.1) is 6.92 Å². The van der Waals surface area contributed by atoms with E-state index in [4.69, 9.17) is 0 Å². The second-order valence-corrected chi connectivity index (χ2v) is 5.61. The molecule has 1 fully saturated rings. The van der Waals surface area contributed by atoms with Crippen molar-refractivity contribution >= 4 is 0 Å². The molecule has 1 aromatic carbocycles. The zero-order valence-corrected chi connectivity index (χ0v) is 12.0. The highest BCUT2D eigenvalue weighted by molar-refractivity contribution is 5.15. The van der Waals surface area contributed by atoms with E-state index in [-0.39, 0.29) is 0 Å². The van der Waals surface area contributed by atoms with Crippen LogP contribution in [0.3, 0.4) is 0 Å². The third-order valence-electron chi connectivity index (χ3n) is 4.04. The summed E-state index contributed by atoms with van der Waals surface area (Å²) in [5.41, 5.74) is 3.84. The third-order valence-corrected chi connectivity index (χ3v) is 4.04. The maximum atomic E-state index is 4.06. The summed E-state index contributed by atoms with van der Waals surface area (Å²) in [6.07, 6.45) is 3.14. The van der Waals surface area contributed by atoms with Crippen LogP contribution in [-0.4, -0.2) is 34.2 Å². The van der Waals surface area contributed by atoms with Gasteiger partial charge in [0.1, 0.15) is 0 Å². The Morgan fingerprint density at radius 2 is 2.20 bits per heavy atom. The zero-order valence-electron chi connectivity index (χ0n) is 12.0. The molecular formula is C16H22N4. The van der Waals surface area contributed by atoms with Crippen molar-refractivity contribution < 1.29 is 0 Å². The van der Waals surface area contributed by atoms with Gasteiger partial charge in [-0.25, -0.2) is 0 Å². The molecule has 0 bridgehead atoms. The average molecular weight is 270 g/mol. The van der Waals surface area contributed by atoms with Crippen molar-refractivity contribution in [2.75, 3.05) is 13.1 Å². The van der Waals surface area contributed by atoms with Crippen LogP contribution in [0.1, 0.15) is 23.2 Å². The molecule has 4 heteroatoms. The molecule has 2 N–H and O–H groups in total. The molecule has 0 saturated carbocycles. The summed E-state index contributed by atoms with van der Waals surface area (Å²) in [5, 5.41) is 10.7. The Balaban J connectivity index is 1.46. The van der Waals surface area contributed by atoms with E-state index in [2.05, 4.69) is 57.7 Å². The van der Waals surface area contributed by atoms with Crippen LogP contribution in [0.5, 0.6) is 0 Å². The summed E-state index contributed by atoms with van der Waals surface area (Å²) in [6.45, 7) is 6.35. The van der Waals surface area contributed by atoms with E-state index in [1.54, 1.807) is 0 Å². The molecule has 0 aliphatic carbocycles. The van der Waals surface area contributed by atoms with Crippen LogP contribution in [0.2, 0.25) is 0 Å². The Labute approximate surface area is 120 Å². The Kier molecular flexibility index (Phi) is 4.14. The van der Waals surface area contributed by atoms with Gasteiger partial charge in [0.15, 0.2) is 0 Å². The van der Waals surface area contributed by atoms with Crippen LogP contribution in [0.4, 0.5) is 0 Å². The van der Waals surface area contributed by atoms with E-state index in [0.717, 1.165) is 25.3 Å². The van der Waals surface area contributed by atoms with Gasteiger partial charge in [0.05, 0.1) is 6.20 Å². The van der Waals surface area contributed by atoms with E-state index in [1.807, 2.05) is 6.20 Å². The topological polar surface area (TPSA) is 44.0 Å². The van der Waals surface area contributed by atoms with Crippen molar-refractivity contribution in [3.05, 3.63) is 53.3 Å². The minimum Gasteiger partial charge on any atom is -0.308 e. The number of likely N-dealkylation sites (tertiary alicyclic amines) is 1. The van der Waals surface area contributed by atoms with Gasteiger partial charge in [-0.2, -0.15) is 5.10 Å². The molecule has 0 unspecified atom stereocenters. The van der Waals surface area contributed by atoms with E-state index >= 15 is 0 Å². The van der Waals surface area contributed by atoms with Crippen molar-refractivity contribution in [2.24, 2.45) is 0 Å². The minimum absolute atomic E-state index is 0.591. The van der Waals surface area contributed by atoms with Gasteiger partial charge >= 0.3 is 0 Å². The van der Waals surface area contributed by atoms with Gasteiger partial charge in [-0.3, -0.25) is 10.00 Å². The number of nitrogens with one attached hydrogen (secondary N) is 2. The molecule has 1 aromatic heterocycles. The molecule has 0 spiro atoms. The second-order valence-electron chi connectivity index (χ2n) is 5.61. The summed E-state index contributed by atoms with van der Waals surface area (Å²) in [4.78, 5) is 2.52. The summed E-state index contributed by atoms with van der Waals surface area (Å²) in [7, 11) is 0. The summed E-state index contributed by atoms with van der Waals surface area (Å²) >= 11 is 0. The van der Waals surface area contributed by atoms with Gasteiger partial charge in [-0.1, -0.05) is 30.3 Å². The highest BCUT2D eigenvalue weighted by Gasteiger charge is 2.22. The van der Waals surface area contributed by atoms with Crippen molar-refractivity contribution in [1.82, 2.24) is 20.4 Å². The monoisotopic (exact) mass is 270 g/mol. The Hall–Kier alpha value is -1.65. The van der Waals surface area contributed by atoms with Crippen LogP contribution in [0.15, 0.2) is 36.5 Å². The normalized spacial score (nSPS) is 19.6. The molecule has 2 heterocycles. The van der Waals surface area contributed by atoms with Crippen molar-refractivity contribution in [1.29, 1.82) is 0 Å². The summed E-state index contributed by atoms with van der Waals surface area (Å²) in [5.74, 6) is 0. The Morgan fingerprint density at radius 1 is 1.35 bits per heavy atom. The van der Waals surface area contributed by atoms with E-state index < -0.39 is 0 Å². The predicted molar refractivity (Wildman–Crippen MR) is 80.3 cm³/mol. The lowest BCUT2D eigenvalue weighted by Crippen LogP contribution is -2.32. The third kappa shape index (κ3) is 3.26. The molecule has 2 aromatic rings. The van der Waals surface area contributed by atoms with Crippen LogP contribution in [-0.2, 0) is 13.1 Å². The zero-order chi connectivity index (χ0) is 13.8. The number of aromatic nitrogens is 2. The van der Waals surface area contributed by atoms with Gasteiger partial charge < -0.3 is 5.32 Å². The predicted octanol–water partition coefficient (Wildman–Crippen LogP) is 2.08. The molecule has 0 radical (unpaired) electrons. The first-order chi connectivity index (χ1) is 9.81. The van der Waals surface area contributed by atoms with Crippen molar-refractivity contribution in [2.45, 2.75) is 32.5 Å². The molecule has 1 aliphatic heterocycles. The first-order valence-electron chi connectivity index (χ1n) is 7.30. The lowest BCUT2D eigenvalue weighted by molar-refractivity contribution is 0.320. The number of nitrogens with zero attached hydrogens (tertiary/aromatic N) is 2. The lowest BCUT2D eigenvalue weighted by atomic mass is 10.2. The fraction of sp³-hybridized carbons (Fsp3) is 0.438. The molecule has 1 saturated heterocycles. The van der Waals surface area contributed by atoms with Crippen molar-refractivity contribution in [3.63, 3.8) is 0 Å². The first-order valence-corrected chi connectivity index (χ1v) is 7.30.